The van der Waals surface area contributed by atoms with Crippen LogP contribution in [0.2, 0.25) is 0 Å². The van der Waals surface area contributed by atoms with Crippen LogP contribution in [-0.4, -0.2) is 11.0 Å². The maximum atomic E-state index is 9.66. The van der Waals surface area contributed by atoms with Crippen molar-refractivity contribution >= 4 is 0 Å². The molecule has 4 nitrogen and oxygen atoms in total. The Morgan fingerprint density at radius 1 is 1.67 bits per heavy atom. The van der Waals surface area contributed by atoms with Crippen LogP contribution in [0.5, 0.6) is 0 Å². The third-order valence-electron chi connectivity index (χ3n) is 0.626. The number of nitrogens with zero attached hydrogens (tertiary/aromatic N) is 1. The summed E-state index contributed by atoms with van der Waals surface area (Å²) in [6.07, 6.45) is 2.20. The first-order valence-electron chi connectivity index (χ1n) is 2.69. The van der Waals surface area contributed by atoms with Gasteiger partial charge >= 0.3 is 0 Å². The van der Waals surface area contributed by atoms with Gasteiger partial charge < -0.3 is 5.32 Å². The average Bonchev–Trinajstić information content (AvgIpc) is 1.63. The van der Waals surface area contributed by atoms with Gasteiger partial charge in [-0.3, -0.25) is 10.1 Å². The van der Waals surface area contributed by atoms with Gasteiger partial charge in [-0.05, 0) is 13.8 Å². The molecule has 0 amide bonds. The largest absolute Gasteiger partial charge is 0.384 e. The van der Waals surface area contributed by atoms with Gasteiger partial charge in [0.2, 0.25) is 6.20 Å². The van der Waals surface area contributed by atoms with Crippen LogP contribution in [-0.2, 0) is 0 Å². The van der Waals surface area contributed by atoms with Gasteiger partial charge in [0.15, 0.2) is 0 Å². The maximum Gasteiger partial charge on any atom is 0.249 e. The fourth-order valence-corrected chi connectivity index (χ4v) is 0.296. The molecule has 4 heteroatoms. The molecule has 0 saturated heterocycles. The highest BCUT2D eigenvalue weighted by molar-refractivity contribution is 4.71. The van der Waals surface area contributed by atoms with E-state index in [0.29, 0.717) is 0 Å². The molecule has 0 bridgehead atoms. The molecule has 0 fully saturated rings. The summed E-state index contributed by atoms with van der Waals surface area (Å²) in [5, 5.41) is 12.4. The number of rotatable bonds is 3. The van der Waals surface area contributed by atoms with Crippen molar-refractivity contribution < 1.29 is 4.92 Å². The van der Waals surface area contributed by atoms with Crippen LogP contribution in [0.1, 0.15) is 13.8 Å². The molecule has 9 heavy (non-hydrogen) atoms. The molecule has 0 saturated carbocycles. The lowest BCUT2D eigenvalue weighted by Gasteiger charge is -1.99. The van der Waals surface area contributed by atoms with Crippen molar-refractivity contribution in [2.75, 3.05) is 0 Å². The van der Waals surface area contributed by atoms with Gasteiger partial charge in [-0.25, -0.2) is 0 Å². The molecule has 1 N–H and O–H groups in total. The van der Waals surface area contributed by atoms with Gasteiger partial charge in [0.05, 0.1) is 11.1 Å². The molecule has 0 aromatic heterocycles. The van der Waals surface area contributed by atoms with Crippen molar-refractivity contribution in [1.29, 1.82) is 0 Å². The van der Waals surface area contributed by atoms with Crippen LogP contribution < -0.4 is 5.32 Å². The highest BCUT2D eigenvalue weighted by Crippen LogP contribution is 1.76. The first-order chi connectivity index (χ1) is 4.13. The van der Waals surface area contributed by atoms with E-state index in [1.165, 1.54) is 6.20 Å². The van der Waals surface area contributed by atoms with Crippen molar-refractivity contribution in [3.8, 4) is 0 Å². The third kappa shape index (κ3) is 6.94. The summed E-state index contributed by atoms with van der Waals surface area (Å²) in [6, 6.07) is 0.251. The average molecular weight is 130 g/mol. The first kappa shape index (κ1) is 7.94. The Balaban J connectivity index is 3.36. The summed E-state index contributed by atoms with van der Waals surface area (Å²) in [5.41, 5.74) is 0. The monoisotopic (exact) mass is 130 g/mol. The van der Waals surface area contributed by atoms with E-state index in [0.717, 1.165) is 6.20 Å². The summed E-state index contributed by atoms with van der Waals surface area (Å²) in [5.74, 6) is 0. The van der Waals surface area contributed by atoms with E-state index in [4.69, 9.17) is 0 Å². The Labute approximate surface area is 53.7 Å². The topological polar surface area (TPSA) is 55.2 Å². The molecular weight excluding hydrogens is 120 g/mol. The van der Waals surface area contributed by atoms with Crippen LogP contribution in [0.4, 0.5) is 0 Å². The Kier molecular flexibility index (Phi) is 3.43. The number of hydrogen-bond donors (Lipinski definition) is 1. The zero-order valence-corrected chi connectivity index (χ0v) is 5.50. The molecule has 0 rings (SSSR count). The molecule has 0 atom stereocenters. The van der Waals surface area contributed by atoms with Crippen molar-refractivity contribution in [3.05, 3.63) is 22.5 Å². The van der Waals surface area contributed by atoms with Gasteiger partial charge in [0.25, 0.3) is 0 Å². The lowest BCUT2D eigenvalue weighted by molar-refractivity contribution is -0.402. The standard InChI is InChI=1S/C5H10N2O2/c1-5(2)6-3-4-7(8)9/h3-6H,1-2H3/b4-3+. The molecule has 0 aromatic carbocycles. The first-order valence-corrected chi connectivity index (χ1v) is 2.69. The molecule has 0 unspecified atom stereocenters. The second-order valence-corrected chi connectivity index (χ2v) is 1.92. The number of nitro groups is 1. The number of hydrogen-bond acceptors (Lipinski definition) is 3. The fraction of sp³-hybridized carbons (Fsp3) is 0.600. The van der Waals surface area contributed by atoms with Crippen molar-refractivity contribution in [2.45, 2.75) is 19.9 Å². The molecule has 0 aliphatic heterocycles. The van der Waals surface area contributed by atoms with E-state index >= 15 is 0 Å². The van der Waals surface area contributed by atoms with Crippen molar-refractivity contribution in [3.63, 3.8) is 0 Å². The normalized spacial score (nSPS) is 10.6. The van der Waals surface area contributed by atoms with Crippen molar-refractivity contribution in [1.82, 2.24) is 5.32 Å². The minimum Gasteiger partial charge on any atom is -0.384 e. The van der Waals surface area contributed by atoms with Gasteiger partial charge in [-0.2, -0.15) is 0 Å². The Morgan fingerprint density at radius 2 is 2.22 bits per heavy atom. The lowest BCUT2D eigenvalue weighted by atomic mass is 10.4. The molecule has 0 aromatic rings. The van der Waals surface area contributed by atoms with E-state index in [9.17, 15) is 10.1 Å². The van der Waals surface area contributed by atoms with E-state index in [1.807, 2.05) is 13.8 Å². The minimum atomic E-state index is -0.505. The molecule has 0 aliphatic rings. The molecular formula is C5H10N2O2. The van der Waals surface area contributed by atoms with Gasteiger partial charge in [-0.1, -0.05) is 0 Å². The quantitative estimate of drug-likeness (QED) is 0.452. The summed E-state index contributed by atoms with van der Waals surface area (Å²) in [6.45, 7) is 3.81. The zero-order chi connectivity index (χ0) is 7.28. The Morgan fingerprint density at radius 3 is 2.56 bits per heavy atom. The molecule has 0 aliphatic carbocycles. The second-order valence-electron chi connectivity index (χ2n) is 1.92. The lowest BCUT2D eigenvalue weighted by Crippen LogP contribution is -2.15. The minimum absolute atomic E-state index is 0.251. The van der Waals surface area contributed by atoms with E-state index in [1.54, 1.807) is 0 Å². The van der Waals surface area contributed by atoms with Crippen LogP contribution in [0.15, 0.2) is 12.4 Å². The van der Waals surface area contributed by atoms with Crippen molar-refractivity contribution in [2.24, 2.45) is 0 Å². The van der Waals surface area contributed by atoms with Crippen LogP contribution in [0.3, 0.4) is 0 Å². The highest BCUT2D eigenvalue weighted by atomic mass is 16.6. The second kappa shape index (κ2) is 3.88. The van der Waals surface area contributed by atoms with Crippen LogP contribution in [0.25, 0.3) is 0 Å². The Hall–Kier alpha value is -1.06. The summed E-state index contributed by atoms with van der Waals surface area (Å²) >= 11 is 0. The SMILES string of the molecule is CC(C)N/C=C/[N+](=O)[O-]. The molecule has 0 heterocycles. The smallest absolute Gasteiger partial charge is 0.249 e. The molecule has 52 valence electrons. The fourth-order valence-electron chi connectivity index (χ4n) is 0.296. The Bertz CT molecular complexity index is 120. The molecule has 0 radical (unpaired) electrons. The van der Waals surface area contributed by atoms with Crippen LogP contribution >= 0.6 is 0 Å². The summed E-state index contributed by atoms with van der Waals surface area (Å²) in [4.78, 5) is 9.15. The van der Waals surface area contributed by atoms with E-state index in [2.05, 4.69) is 5.32 Å². The predicted molar refractivity (Wildman–Crippen MR) is 34.4 cm³/mol. The van der Waals surface area contributed by atoms with E-state index in [-0.39, 0.29) is 6.04 Å². The van der Waals surface area contributed by atoms with Gasteiger partial charge in [0, 0.05) is 6.04 Å². The van der Waals surface area contributed by atoms with E-state index < -0.39 is 4.92 Å². The highest BCUT2D eigenvalue weighted by Gasteiger charge is 1.86. The van der Waals surface area contributed by atoms with Crippen LogP contribution in [0, 0.1) is 10.1 Å². The molecule has 0 spiro atoms. The number of nitrogens with one attached hydrogen (secondary N) is 1. The van der Waals surface area contributed by atoms with Gasteiger partial charge in [-0.15, -0.1) is 0 Å². The zero-order valence-electron chi connectivity index (χ0n) is 5.50. The summed E-state index contributed by atoms with van der Waals surface area (Å²) in [7, 11) is 0. The van der Waals surface area contributed by atoms with Gasteiger partial charge in [0.1, 0.15) is 0 Å². The third-order valence-corrected chi connectivity index (χ3v) is 0.626. The maximum absolute atomic E-state index is 9.66. The predicted octanol–water partition coefficient (Wildman–Crippen LogP) is 0.732. The summed E-state index contributed by atoms with van der Waals surface area (Å²) < 4.78 is 0.